The van der Waals surface area contributed by atoms with E-state index in [-0.39, 0.29) is 30.8 Å². The molecule has 6 nitrogen and oxygen atoms in total. The van der Waals surface area contributed by atoms with Crippen LogP contribution in [0.1, 0.15) is 43.4 Å². The van der Waals surface area contributed by atoms with Gasteiger partial charge in [-0.2, -0.15) is 0 Å². The molecule has 0 spiro atoms. The number of benzene rings is 3. The van der Waals surface area contributed by atoms with E-state index in [0.717, 1.165) is 23.1 Å². The molecular weight excluding hydrogens is 535 g/mol. The number of amides is 2. The van der Waals surface area contributed by atoms with Gasteiger partial charge in [0.25, 0.3) is 0 Å². The van der Waals surface area contributed by atoms with Gasteiger partial charge in [0.15, 0.2) is 11.5 Å². The Morgan fingerprint density at radius 2 is 1.62 bits per heavy atom. The number of nitrogens with one attached hydrogen (secondary N) is 1. The minimum Gasteiger partial charge on any atom is -0.486 e. The second kappa shape index (κ2) is 13.7. The zero-order valence-electron chi connectivity index (χ0n) is 22.3. The SMILES string of the molecule is CC[C@H](C)NC(=O)[C@@H](Cc1ccccc1)N(Cc1ccc(Cl)c(Cl)c1)C(=O)CCc1ccc2c(c1)OCCO2. The summed E-state index contributed by atoms with van der Waals surface area (Å²) < 4.78 is 11.3. The molecule has 4 rings (SSSR count). The average molecular weight is 570 g/mol. The second-order valence-electron chi connectivity index (χ2n) is 9.77. The first kappa shape index (κ1) is 28.8. The van der Waals surface area contributed by atoms with E-state index in [1.165, 1.54) is 0 Å². The smallest absolute Gasteiger partial charge is 0.243 e. The molecule has 0 aromatic heterocycles. The zero-order valence-corrected chi connectivity index (χ0v) is 23.8. The molecular formula is C31H34Cl2N2O4. The third kappa shape index (κ3) is 7.90. The predicted molar refractivity (Wildman–Crippen MR) is 155 cm³/mol. The largest absolute Gasteiger partial charge is 0.486 e. The molecule has 0 bridgehead atoms. The van der Waals surface area contributed by atoms with Crippen LogP contribution < -0.4 is 14.8 Å². The van der Waals surface area contributed by atoms with Crippen molar-refractivity contribution in [3.05, 3.63) is 93.5 Å². The van der Waals surface area contributed by atoms with E-state index in [2.05, 4.69) is 5.32 Å². The molecule has 206 valence electrons. The van der Waals surface area contributed by atoms with Crippen LogP contribution in [0.2, 0.25) is 10.0 Å². The summed E-state index contributed by atoms with van der Waals surface area (Å²) in [6, 6.07) is 20.1. The van der Waals surface area contributed by atoms with E-state index in [9.17, 15) is 9.59 Å². The first-order valence-electron chi connectivity index (χ1n) is 13.3. The molecule has 0 unspecified atom stereocenters. The van der Waals surface area contributed by atoms with Crippen molar-refractivity contribution < 1.29 is 19.1 Å². The fourth-order valence-corrected chi connectivity index (χ4v) is 4.79. The Morgan fingerprint density at radius 1 is 0.897 bits per heavy atom. The van der Waals surface area contributed by atoms with Gasteiger partial charge < -0.3 is 19.7 Å². The van der Waals surface area contributed by atoms with Crippen molar-refractivity contribution in [2.45, 2.75) is 58.2 Å². The number of aryl methyl sites for hydroxylation is 1. The molecule has 39 heavy (non-hydrogen) atoms. The van der Waals surface area contributed by atoms with Gasteiger partial charge in [-0.05, 0) is 60.7 Å². The van der Waals surface area contributed by atoms with Crippen LogP contribution in [0.3, 0.4) is 0 Å². The molecule has 1 aliphatic heterocycles. The van der Waals surface area contributed by atoms with Gasteiger partial charge in [-0.3, -0.25) is 9.59 Å². The maximum Gasteiger partial charge on any atom is 0.243 e. The maximum absolute atomic E-state index is 13.9. The molecule has 1 heterocycles. The molecule has 0 aliphatic carbocycles. The molecule has 0 saturated heterocycles. The van der Waals surface area contributed by atoms with Gasteiger partial charge in [-0.15, -0.1) is 0 Å². The van der Waals surface area contributed by atoms with Crippen molar-refractivity contribution in [2.24, 2.45) is 0 Å². The summed E-state index contributed by atoms with van der Waals surface area (Å²) in [7, 11) is 0. The van der Waals surface area contributed by atoms with E-state index in [1.54, 1.807) is 17.0 Å². The Kier molecular flexibility index (Phi) is 10.1. The van der Waals surface area contributed by atoms with Crippen LogP contribution in [-0.4, -0.2) is 42.0 Å². The van der Waals surface area contributed by atoms with Crippen LogP contribution in [0, 0.1) is 0 Å². The molecule has 0 saturated carbocycles. The maximum atomic E-state index is 13.9. The van der Waals surface area contributed by atoms with Crippen LogP contribution in [0.4, 0.5) is 0 Å². The van der Waals surface area contributed by atoms with Gasteiger partial charge in [0.05, 0.1) is 10.0 Å². The van der Waals surface area contributed by atoms with Crippen molar-refractivity contribution >= 4 is 35.0 Å². The van der Waals surface area contributed by atoms with Crippen LogP contribution in [-0.2, 0) is 29.0 Å². The Hall–Kier alpha value is -3.22. The van der Waals surface area contributed by atoms with Crippen molar-refractivity contribution in [1.29, 1.82) is 0 Å². The third-order valence-electron chi connectivity index (χ3n) is 6.84. The number of hydrogen-bond acceptors (Lipinski definition) is 4. The van der Waals surface area contributed by atoms with E-state index < -0.39 is 6.04 Å². The highest BCUT2D eigenvalue weighted by Gasteiger charge is 2.31. The van der Waals surface area contributed by atoms with Gasteiger partial charge in [0.2, 0.25) is 11.8 Å². The Labute approximate surface area is 240 Å². The first-order valence-corrected chi connectivity index (χ1v) is 14.1. The number of fused-ring (bicyclic) bond motifs is 1. The second-order valence-corrected chi connectivity index (χ2v) is 10.6. The summed E-state index contributed by atoms with van der Waals surface area (Å²) in [6.45, 7) is 5.23. The van der Waals surface area contributed by atoms with E-state index in [4.69, 9.17) is 32.7 Å². The van der Waals surface area contributed by atoms with Gasteiger partial charge >= 0.3 is 0 Å². The van der Waals surface area contributed by atoms with Crippen LogP contribution in [0.15, 0.2) is 66.7 Å². The Morgan fingerprint density at radius 3 is 2.33 bits per heavy atom. The summed E-state index contributed by atoms with van der Waals surface area (Å²) in [5.74, 6) is 1.09. The molecule has 2 amide bonds. The fourth-order valence-electron chi connectivity index (χ4n) is 4.47. The lowest BCUT2D eigenvalue weighted by Gasteiger charge is -2.32. The highest BCUT2D eigenvalue weighted by atomic mass is 35.5. The summed E-state index contributed by atoms with van der Waals surface area (Å²) in [5, 5.41) is 3.93. The molecule has 3 aromatic carbocycles. The average Bonchev–Trinajstić information content (AvgIpc) is 2.95. The fraction of sp³-hybridized carbons (Fsp3) is 0.355. The number of hydrogen-bond donors (Lipinski definition) is 1. The number of rotatable bonds is 11. The Bertz CT molecular complexity index is 1280. The lowest BCUT2D eigenvalue weighted by molar-refractivity contribution is -0.141. The number of carbonyl (C=O) groups is 2. The van der Waals surface area contributed by atoms with Crippen molar-refractivity contribution in [3.8, 4) is 11.5 Å². The molecule has 0 radical (unpaired) electrons. The highest BCUT2D eigenvalue weighted by molar-refractivity contribution is 6.42. The van der Waals surface area contributed by atoms with Gasteiger partial charge in [-0.1, -0.05) is 72.6 Å². The molecule has 8 heteroatoms. The van der Waals surface area contributed by atoms with Gasteiger partial charge in [0, 0.05) is 25.4 Å². The zero-order chi connectivity index (χ0) is 27.8. The van der Waals surface area contributed by atoms with Crippen molar-refractivity contribution in [2.75, 3.05) is 13.2 Å². The third-order valence-corrected chi connectivity index (χ3v) is 7.58. The lowest BCUT2D eigenvalue weighted by Crippen LogP contribution is -2.52. The standard InChI is InChI=1S/C31H34Cl2N2O4/c1-3-21(2)34-31(37)27(18-22-7-5-4-6-8-22)35(20-24-9-12-25(32)26(33)17-24)30(36)14-11-23-10-13-28-29(19-23)39-16-15-38-28/h4-10,12-13,17,19,21,27H,3,11,14-16,18,20H2,1-2H3,(H,34,37)/t21-,27+/m0/s1. The number of nitrogens with zero attached hydrogens (tertiary/aromatic N) is 1. The van der Waals surface area contributed by atoms with Crippen LogP contribution >= 0.6 is 23.2 Å². The molecule has 1 aliphatic rings. The minimum atomic E-state index is -0.705. The quantitative estimate of drug-likeness (QED) is 0.297. The molecule has 3 aromatic rings. The lowest BCUT2D eigenvalue weighted by atomic mass is 10.0. The van der Waals surface area contributed by atoms with Gasteiger partial charge in [0.1, 0.15) is 19.3 Å². The number of halogens is 2. The minimum absolute atomic E-state index is 0.0181. The first-order chi connectivity index (χ1) is 18.8. The summed E-state index contributed by atoms with van der Waals surface area (Å²) in [4.78, 5) is 29.2. The summed E-state index contributed by atoms with van der Waals surface area (Å²) >= 11 is 12.4. The topological polar surface area (TPSA) is 67.9 Å². The number of ether oxygens (including phenoxy) is 2. The highest BCUT2D eigenvalue weighted by Crippen LogP contribution is 2.31. The van der Waals surface area contributed by atoms with Crippen molar-refractivity contribution in [1.82, 2.24) is 10.2 Å². The summed E-state index contributed by atoms with van der Waals surface area (Å²) in [6.07, 6.45) is 1.90. The molecule has 1 N–H and O–H groups in total. The summed E-state index contributed by atoms with van der Waals surface area (Å²) in [5.41, 5.74) is 2.73. The van der Waals surface area contributed by atoms with E-state index in [1.807, 2.05) is 68.4 Å². The van der Waals surface area contributed by atoms with Crippen molar-refractivity contribution in [3.63, 3.8) is 0 Å². The van der Waals surface area contributed by atoms with Crippen LogP contribution in [0.25, 0.3) is 0 Å². The van der Waals surface area contributed by atoms with E-state index in [0.29, 0.717) is 47.6 Å². The van der Waals surface area contributed by atoms with Gasteiger partial charge in [-0.25, -0.2) is 0 Å². The molecule has 0 fully saturated rings. The molecule has 2 atom stereocenters. The normalized spacial score (nSPS) is 13.8. The van der Waals surface area contributed by atoms with Crippen LogP contribution in [0.5, 0.6) is 11.5 Å². The Balaban J connectivity index is 1.61. The number of carbonyl (C=O) groups excluding carboxylic acids is 2. The predicted octanol–water partition coefficient (Wildman–Crippen LogP) is 6.25. The van der Waals surface area contributed by atoms with E-state index >= 15 is 0 Å². The monoisotopic (exact) mass is 568 g/mol.